The standard InChI is InChI=1S/C24H21F2N/c1-2-3-4-17-5-7-18(8-6-17)9-10-19-11-13-20(14-12-19)21-15-23(26)24(27)16-22(21)25/h5-8,11-16H,2-4,27H2,1H3. The Morgan fingerprint density at radius 1 is 0.815 bits per heavy atom. The molecule has 136 valence electrons. The van der Waals surface area contributed by atoms with E-state index in [0.29, 0.717) is 5.56 Å². The molecule has 1 nitrogen and oxygen atoms in total. The number of aryl methyl sites for hydroxylation is 1. The Hall–Kier alpha value is -3.12. The molecule has 0 amide bonds. The highest BCUT2D eigenvalue weighted by molar-refractivity contribution is 5.67. The lowest BCUT2D eigenvalue weighted by atomic mass is 10.0. The minimum Gasteiger partial charge on any atom is -0.396 e. The smallest absolute Gasteiger partial charge is 0.146 e. The third kappa shape index (κ3) is 4.74. The molecule has 0 bridgehead atoms. The highest BCUT2D eigenvalue weighted by Crippen LogP contribution is 2.26. The van der Waals surface area contributed by atoms with Crippen LogP contribution >= 0.6 is 0 Å². The van der Waals surface area contributed by atoms with Gasteiger partial charge in [-0.2, -0.15) is 0 Å². The van der Waals surface area contributed by atoms with Crippen molar-refractivity contribution in [2.24, 2.45) is 0 Å². The Labute approximate surface area is 158 Å². The van der Waals surface area contributed by atoms with Gasteiger partial charge >= 0.3 is 0 Å². The van der Waals surface area contributed by atoms with E-state index in [4.69, 9.17) is 5.73 Å². The van der Waals surface area contributed by atoms with Gasteiger partial charge in [-0.1, -0.05) is 49.5 Å². The third-order valence-electron chi connectivity index (χ3n) is 4.41. The minimum absolute atomic E-state index is 0.184. The van der Waals surface area contributed by atoms with Gasteiger partial charge in [0.25, 0.3) is 0 Å². The summed E-state index contributed by atoms with van der Waals surface area (Å²) in [6.45, 7) is 2.18. The zero-order valence-electron chi connectivity index (χ0n) is 15.2. The van der Waals surface area contributed by atoms with Crippen molar-refractivity contribution in [3.05, 3.63) is 89.0 Å². The number of halogens is 2. The molecule has 0 spiro atoms. The molecule has 3 aromatic rings. The summed E-state index contributed by atoms with van der Waals surface area (Å²) in [5.41, 5.74) is 9.04. The Morgan fingerprint density at radius 3 is 2.00 bits per heavy atom. The summed E-state index contributed by atoms with van der Waals surface area (Å²) < 4.78 is 27.6. The highest BCUT2D eigenvalue weighted by Gasteiger charge is 2.09. The lowest BCUT2D eigenvalue weighted by molar-refractivity contribution is 0.607. The second-order valence-corrected chi connectivity index (χ2v) is 6.48. The fourth-order valence-electron chi connectivity index (χ4n) is 2.80. The molecule has 0 saturated carbocycles. The van der Waals surface area contributed by atoms with Gasteiger partial charge < -0.3 is 5.73 Å². The SMILES string of the molecule is CCCCc1ccc(C#Cc2ccc(-c3cc(F)c(N)cc3F)cc2)cc1. The van der Waals surface area contributed by atoms with Crippen LogP contribution in [0.3, 0.4) is 0 Å². The van der Waals surface area contributed by atoms with Gasteiger partial charge in [0.05, 0.1) is 5.69 Å². The van der Waals surface area contributed by atoms with Crippen molar-refractivity contribution in [1.82, 2.24) is 0 Å². The summed E-state index contributed by atoms with van der Waals surface area (Å²) in [6.07, 6.45) is 3.47. The van der Waals surface area contributed by atoms with Crippen LogP contribution in [0.2, 0.25) is 0 Å². The molecule has 0 radical (unpaired) electrons. The van der Waals surface area contributed by atoms with E-state index in [-0.39, 0.29) is 11.3 Å². The molecular formula is C24H21F2N. The average Bonchev–Trinajstić information content (AvgIpc) is 2.69. The molecule has 27 heavy (non-hydrogen) atoms. The highest BCUT2D eigenvalue weighted by atomic mass is 19.1. The van der Waals surface area contributed by atoms with Crippen LogP contribution < -0.4 is 5.73 Å². The zero-order valence-corrected chi connectivity index (χ0v) is 15.2. The van der Waals surface area contributed by atoms with E-state index in [1.165, 1.54) is 18.4 Å². The normalized spacial score (nSPS) is 10.3. The van der Waals surface area contributed by atoms with Crippen molar-refractivity contribution in [3.8, 4) is 23.0 Å². The van der Waals surface area contributed by atoms with E-state index < -0.39 is 11.6 Å². The molecule has 3 aromatic carbocycles. The van der Waals surface area contributed by atoms with Crippen molar-refractivity contribution in [1.29, 1.82) is 0 Å². The van der Waals surface area contributed by atoms with Crippen LogP contribution in [0.4, 0.5) is 14.5 Å². The quantitative estimate of drug-likeness (QED) is 0.450. The second-order valence-electron chi connectivity index (χ2n) is 6.48. The Balaban J connectivity index is 1.75. The van der Waals surface area contributed by atoms with Gasteiger partial charge in [-0.05, 0) is 54.3 Å². The second kappa shape index (κ2) is 8.51. The van der Waals surface area contributed by atoms with Gasteiger partial charge in [-0.3, -0.25) is 0 Å². The fraction of sp³-hybridized carbons (Fsp3) is 0.167. The van der Waals surface area contributed by atoms with Crippen molar-refractivity contribution in [2.45, 2.75) is 26.2 Å². The molecular weight excluding hydrogens is 340 g/mol. The van der Waals surface area contributed by atoms with Crippen LogP contribution in [0, 0.1) is 23.5 Å². The monoisotopic (exact) mass is 361 g/mol. The van der Waals surface area contributed by atoms with E-state index in [0.717, 1.165) is 29.7 Å². The lowest BCUT2D eigenvalue weighted by Gasteiger charge is -2.06. The molecule has 0 aromatic heterocycles. The fourth-order valence-corrected chi connectivity index (χ4v) is 2.80. The number of unbranched alkanes of at least 4 members (excludes halogenated alkanes) is 1. The van der Waals surface area contributed by atoms with Gasteiger partial charge in [0.2, 0.25) is 0 Å². The number of hydrogen-bond acceptors (Lipinski definition) is 1. The summed E-state index contributed by atoms with van der Waals surface area (Å²) in [6, 6.07) is 17.4. The number of benzene rings is 3. The maximum atomic E-state index is 14.0. The van der Waals surface area contributed by atoms with Crippen LogP contribution in [0.1, 0.15) is 36.5 Å². The van der Waals surface area contributed by atoms with Crippen LogP contribution in [0.25, 0.3) is 11.1 Å². The molecule has 3 rings (SSSR count). The molecule has 3 heteroatoms. The summed E-state index contributed by atoms with van der Waals surface area (Å²) in [5, 5.41) is 0. The molecule has 0 saturated heterocycles. The number of nitrogens with two attached hydrogens (primary N) is 1. The Kier molecular flexibility index (Phi) is 5.88. The van der Waals surface area contributed by atoms with Crippen LogP contribution in [-0.4, -0.2) is 0 Å². The topological polar surface area (TPSA) is 26.0 Å². The van der Waals surface area contributed by atoms with Gasteiger partial charge in [0, 0.05) is 22.8 Å². The molecule has 0 aliphatic heterocycles. The van der Waals surface area contributed by atoms with E-state index >= 15 is 0 Å². The number of rotatable bonds is 4. The first-order valence-electron chi connectivity index (χ1n) is 9.02. The van der Waals surface area contributed by atoms with Crippen molar-refractivity contribution in [2.75, 3.05) is 5.73 Å². The van der Waals surface area contributed by atoms with Crippen LogP contribution in [0.15, 0.2) is 60.7 Å². The third-order valence-corrected chi connectivity index (χ3v) is 4.41. The van der Waals surface area contributed by atoms with Gasteiger partial charge in [0.15, 0.2) is 0 Å². The molecule has 0 fully saturated rings. The molecule has 0 aliphatic rings. The van der Waals surface area contributed by atoms with Crippen LogP contribution in [0.5, 0.6) is 0 Å². The molecule has 0 unspecified atom stereocenters. The average molecular weight is 361 g/mol. The Bertz CT molecular complexity index is 978. The molecule has 0 atom stereocenters. The van der Waals surface area contributed by atoms with Gasteiger partial charge in [-0.25, -0.2) is 8.78 Å². The number of nitrogen functional groups attached to an aromatic ring is 1. The van der Waals surface area contributed by atoms with E-state index in [2.05, 4.69) is 30.9 Å². The summed E-state index contributed by atoms with van der Waals surface area (Å²) in [5.74, 6) is 5.06. The Morgan fingerprint density at radius 2 is 1.41 bits per heavy atom. The lowest BCUT2D eigenvalue weighted by Crippen LogP contribution is -1.94. The first-order chi connectivity index (χ1) is 13.1. The maximum Gasteiger partial charge on any atom is 0.146 e. The van der Waals surface area contributed by atoms with E-state index in [1.54, 1.807) is 24.3 Å². The largest absolute Gasteiger partial charge is 0.396 e. The van der Waals surface area contributed by atoms with Crippen molar-refractivity contribution in [3.63, 3.8) is 0 Å². The number of hydrogen-bond donors (Lipinski definition) is 1. The zero-order chi connectivity index (χ0) is 19.2. The molecule has 2 N–H and O–H groups in total. The first kappa shape index (κ1) is 18.7. The van der Waals surface area contributed by atoms with Gasteiger partial charge in [-0.15, -0.1) is 0 Å². The van der Waals surface area contributed by atoms with E-state index in [9.17, 15) is 8.78 Å². The summed E-state index contributed by atoms with van der Waals surface area (Å²) >= 11 is 0. The maximum absolute atomic E-state index is 14.0. The summed E-state index contributed by atoms with van der Waals surface area (Å²) in [4.78, 5) is 0. The van der Waals surface area contributed by atoms with Crippen LogP contribution in [-0.2, 0) is 6.42 Å². The van der Waals surface area contributed by atoms with Crippen molar-refractivity contribution >= 4 is 5.69 Å². The first-order valence-corrected chi connectivity index (χ1v) is 9.02. The molecule has 0 heterocycles. The van der Waals surface area contributed by atoms with E-state index in [1.807, 2.05) is 12.1 Å². The molecule has 0 aliphatic carbocycles. The number of anilines is 1. The van der Waals surface area contributed by atoms with Gasteiger partial charge in [0.1, 0.15) is 11.6 Å². The predicted molar refractivity (Wildman–Crippen MR) is 107 cm³/mol. The van der Waals surface area contributed by atoms with Crippen molar-refractivity contribution < 1.29 is 8.78 Å². The predicted octanol–water partition coefficient (Wildman–Crippen LogP) is 5.96. The summed E-state index contributed by atoms with van der Waals surface area (Å²) in [7, 11) is 0. The minimum atomic E-state index is -0.627.